The highest BCUT2D eigenvalue weighted by Crippen LogP contribution is 2.27. The highest BCUT2D eigenvalue weighted by atomic mass is 79.9. The molecule has 3 rings (SSSR count). The summed E-state index contributed by atoms with van der Waals surface area (Å²) in [5.74, 6) is 0.775. The van der Waals surface area contributed by atoms with Gasteiger partial charge in [0.1, 0.15) is 11.5 Å². The molecule has 1 heterocycles. The Bertz CT molecular complexity index is 695. The van der Waals surface area contributed by atoms with Crippen LogP contribution < -0.4 is 10.6 Å². The van der Waals surface area contributed by atoms with Crippen LogP contribution in [0.25, 0.3) is 0 Å². The molecule has 4 nitrogen and oxygen atoms in total. The first kappa shape index (κ1) is 14.0. The molecule has 2 aromatic carbocycles. The van der Waals surface area contributed by atoms with Crippen molar-refractivity contribution in [2.24, 2.45) is 0 Å². The molecule has 0 unspecified atom stereocenters. The molecular formula is C15H12BrClN4. The first-order valence-electron chi connectivity index (χ1n) is 6.29. The van der Waals surface area contributed by atoms with Gasteiger partial charge in [0, 0.05) is 20.9 Å². The van der Waals surface area contributed by atoms with Gasteiger partial charge in [-0.2, -0.15) is 5.10 Å². The fraction of sp³-hybridized carbons (Fsp3) is 0. The predicted octanol–water partition coefficient (Wildman–Crippen LogP) is 5.31. The zero-order valence-corrected chi connectivity index (χ0v) is 13.2. The van der Waals surface area contributed by atoms with Crippen LogP contribution in [0.5, 0.6) is 0 Å². The SMILES string of the molecule is Clc1cccc(Nc2[nH]ncc2Nc2cccc(Br)c2)c1. The Labute approximate surface area is 135 Å². The molecule has 106 valence electrons. The number of aromatic nitrogens is 2. The molecule has 0 spiro atoms. The molecule has 6 heteroatoms. The summed E-state index contributed by atoms with van der Waals surface area (Å²) in [6.45, 7) is 0. The maximum atomic E-state index is 5.99. The number of rotatable bonds is 4. The van der Waals surface area contributed by atoms with E-state index in [0.717, 1.165) is 27.4 Å². The van der Waals surface area contributed by atoms with Crippen LogP contribution in [0, 0.1) is 0 Å². The topological polar surface area (TPSA) is 52.7 Å². The molecule has 21 heavy (non-hydrogen) atoms. The Hall–Kier alpha value is -1.98. The number of anilines is 4. The lowest BCUT2D eigenvalue weighted by atomic mass is 10.3. The van der Waals surface area contributed by atoms with Crippen LogP contribution in [0.3, 0.4) is 0 Å². The number of H-pyrrole nitrogens is 1. The van der Waals surface area contributed by atoms with Gasteiger partial charge < -0.3 is 10.6 Å². The first-order valence-corrected chi connectivity index (χ1v) is 7.46. The van der Waals surface area contributed by atoms with Crippen molar-refractivity contribution in [2.45, 2.75) is 0 Å². The molecule has 0 radical (unpaired) electrons. The number of nitrogens with one attached hydrogen (secondary N) is 3. The van der Waals surface area contributed by atoms with E-state index in [0.29, 0.717) is 5.02 Å². The van der Waals surface area contributed by atoms with E-state index in [1.54, 1.807) is 6.20 Å². The van der Waals surface area contributed by atoms with Crippen LogP contribution in [0.1, 0.15) is 0 Å². The minimum absolute atomic E-state index is 0.681. The quantitative estimate of drug-likeness (QED) is 0.588. The van der Waals surface area contributed by atoms with Crippen molar-refractivity contribution in [3.63, 3.8) is 0 Å². The maximum Gasteiger partial charge on any atom is 0.150 e. The van der Waals surface area contributed by atoms with Gasteiger partial charge in [-0.25, -0.2) is 0 Å². The van der Waals surface area contributed by atoms with E-state index >= 15 is 0 Å². The summed E-state index contributed by atoms with van der Waals surface area (Å²) >= 11 is 9.44. The van der Waals surface area contributed by atoms with Gasteiger partial charge in [-0.15, -0.1) is 0 Å². The maximum absolute atomic E-state index is 5.99. The summed E-state index contributed by atoms with van der Waals surface area (Å²) in [6.07, 6.45) is 1.73. The molecule has 0 saturated heterocycles. The largest absolute Gasteiger partial charge is 0.351 e. The average Bonchev–Trinajstić information content (AvgIpc) is 2.86. The number of hydrogen-bond acceptors (Lipinski definition) is 3. The van der Waals surface area contributed by atoms with Gasteiger partial charge in [0.2, 0.25) is 0 Å². The molecule has 3 N–H and O–H groups in total. The zero-order valence-electron chi connectivity index (χ0n) is 10.9. The summed E-state index contributed by atoms with van der Waals surface area (Å²) in [6, 6.07) is 15.4. The molecule has 0 fully saturated rings. The van der Waals surface area contributed by atoms with Crippen molar-refractivity contribution in [1.82, 2.24) is 10.2 Å². The van der Waals surface area contributed by atoms with E-state index in [1.165, 1.54) is 0 Å². The van der Waals surface area contributed by atoms with E-state index in [-0.39, 0.29) is 0 Å². The van der Waals surface area contributed by atoms with Gasteiger partial charge >= 0.3 is 0 Å². The molecular weight excluding hydrogens is 352 g/mol. The van der Waals surface area contributed by atoms with Gasteiger partial charge in [0.15, 0.2) is 0 Å². The van der Waals surface area contributed by atoms with Crippen LogP contribution in [0.2, 0.25) is 5.02 Å². The number of benzene rings is 2. The van der Waals surface area contributed by atoms with Crippen molar-refractivity contribution < 1.29 is 0 Å². The van der Waals surface area contributed by atoms with Crippen LogP contribution >= 0.6 is 27.5 Å². The Morgan fingerprint density at radius 3 is 2.52 bits per heavy atom. The van der Waals surface area contributed by atoms with Gasteiger partial charge in [0.25, 0.3) is 0 Å². The lowest BCUT2D eigenvalue weighted by Gasteiger charge is -2.09. The van der Waals surface area contributed by atoms with Crippen molar-refractivity contribution in [3.8, 4) is 0 Å². The molecule has 3 aromatic rings. The number of nitrogens with zero attached hydrogens (tertiary/aromatic N) is 1. The van der Waals surface area contributed by atoms with Crippen molar-refractivity contribution in [3.05, 3.63) is 64.2 Å². The van der Waals surface area contributed by atoms with E-state index < -0.39 is 0 Å². The minimum atomic E-state index is 0.681. The van der Waals surface area contributed by atoms with Crippen LogP contribution in [-0.2, 0) is 0 Å². The molecule has 0 aliphatic carbocycles. The molecule has 0 amide bonds. The van der Waals surface area contributed by atoms with E-state index in [1.807, 2.05) is 48.5 Å². The third-order valence-electron chi connectivity index (χ3n) is 2.84. The molecule has 0 aliphatic heterocycles. The molecule has 0 saturated carbocycles. The highest BCUT2D eigenvalue weighted by Gasteiger charge is 2.06. The second-order valence-corrected chi connectivity index (χ2v) is 5.78. The summed E-state index contributed by atoms with van der Waals surface area (Å²) in [5.41, 5.74) is 2.72. The van der Waals surface area contributed by atoms with Crippen LogP contribution in [-0.4, -0.2) is 10.2 Å². The average molecular weight is 364 g/mol. The summed E-state index contributed by atoms with van der Waals surface area (Å²) in [5, 5.41) is 14.2. The highest BCUT2D eigenvalue weighted by molar-refractivity contribution is 9.10. The van der Waals surface area contributed by atoms with Crippen molar-refractivity contribution in [2.75, 3.05) is 10.6 Å². The Balaban J connectivity index is 1.81. The molecule has 0 bridgehead atoms. The minimum Gasteiger partial charge on any atom is -0.351 e. The molecule has 0 aliphatic rings. The number of aromatic amines is 1. The number of hydrogen-bond donors (Lipinski definition) is 3. The zero-order chi connectivity index (χ0) is 14.7. The first-order chi connectivity index (χ1) is 10.2. The predicted molar refractivity (Wildman–Crippen MR) is 90.7 cm³/mol. The van der Waals surface area contributed by atoms with E-state index in [2.05, 4.69) is 36.8 Å². The van der Waals surface area contributed by atoms with Crippen molar-refractivity contribution in [1.29, 1.82) is 0 Å². The Morgan fingerprint density at radius 2 is 1.76 bits per heavy atom. The van der Waals surface area contributed by atoms with Crippen molar-refractivity contribution >= 4 is 50.4 Å². The summed E-state index contributed by atoms with van der Waals surface area (Å²) < 4.78 is 1.01. The second kappa shape index (κ2) is 6.20. The van der Waals surface area contributed by atoms with Gasteiger partial charge in [-0.3, -0.25) is 5.10 Å². The molecule has 0 atom stereocenters. The Kier molecular flexibility index (Phi) is 4.13. The van der Waals surface area contributed by atoms with Gasteiger partial charge in [-0.05, 0) is 36.4 Å². The normalized spacial score (nSPS) is 10.4. The third kappa shape index (κ3) is 3.56. The van der Waals surface area contributed by atoms with Gasteiger partial charge in [-0.1, -0.05) is 39.7 Å². The lowest BCUT2D eigenvalue weighted by molar-refractivity contribution is 1.09. The van der Waals surface area contributed by atoms with Crippen LogP contribution in [0.15, 0.2) is 59.2 Å². The van der Waals surface area contributed by atoms with E-state index in [4.69, 9.17) is 11.6 Å². The monoisotopic (exact) mass is 362 g/mol. The van der Waals surface area contributed by atoms with E-state index in [9.17, 15) is 0 Å². The fourth-order valence-corrected chi connectivity index (χ4v) is 2.50. The van der Waals surface area contributed by atoms with Gasteiger partial charge in [0.05, 0.1) is 6.20 Å². The molecule has 1 aromatic heterocycles. The lowest BCUT2D eigenvalue weighted by Crippen LogP contribution is -1.96. The second-order valence-electron chi connectivity index (χ2n) is 4.43. The number of halogens is 2. The van der Waals surface area contributed by atoms with Crippen LogP contribution in [0.4, 0.5) is 22.9 Å². The standard InChI is InChI=1S/C15H12BrClN4/c16-10-3-1-5-12(7-10)19-14-9-18-21-15(14)20-13-6-2-4-11(17)8-13/h1-9,19H,(H2,18,20,21). The fourth-order valence-electron chi connectivity index (χ4n) is 1.91. The third-order valence-corrected chi connectivity index (χ3v) is 3.57. The summed E-state index contributed by atoms with van der Waals surface area (Å²) in [4.78, 5) is 0. The smallest absolute Gasteiger partial charge is 0.150 e. The summed E-state index contributed by atoms with van der Waals surface area (Å²) in [7, 11) is 0. The Morgan fingerprint density at radius 1 is 1.00 bits per heavy atom.